The fourth-order valence-electron chi connectivity index (χ4n) is 1.80. The molecule has 3 nitrogen and oxygen atoms in total. The highest BCUT2D eigenvalue weighted by Crippen LogP contribution is 2.28. The van der Waals surface area contributed by atoms with Crippen molar-refractivity contribution >= 4 is 17.6 Å². The molecule has 1 aromatic rings. The lowest BCUT2D eigenvalue weighted by atomic mass is 10.2. The zero-order valence-electron chi connectivity index (χ0n) is 9.20. The van der Waals surface area contributed by atoms with Crippen LogP contribution in [0.15, 0.2) is 18.2 Å². The summed E-state index contributed by atoms with van der Waals surface area (Å²) in [6.45, 7) is 0.444. The molecule has 1 N–H and O–H groups in total. The van der Waals surface area contributed by atoms with Crippen molar-refractivity contribution < 1.29 is 14.3 Å². The average molecular weight is 258 g/mol. The molecule has 0 radical (unpaired) electrons. The Morgan fingerprint density at radius 2 is 2.24 bits per heavy atom. The van der Waals surface area contributed by atoms with Crippen LogP contribution < -0.4 is 0 Å². The van der Waals surface area contributed by atoms with Crippen LogP contribution >= 0.6 is 11.6 Å². The van der Waals surface area contributed by atoms with Crippen molar-refractivity contribution in [3.05, 3.63) is 34.6 Å². The minimum absolute atomic E-state index is 0.00505. The fraction of sp³-hybridized carbons (Fsp3) is 0.417. The van der Waals surface area contributed by atoms with E-state index in [4.69, 9.17) is 16.7 Å². The lowest BCUT2D eigenvalue weighted by Gasteiger charge is -2.19. The quantitative estimate of drug-likeness (QED) is 0.881. The van der Waals surface area contributed by atoms with E-state index in [0.717, 1.165) is 18.4 Å². The van der Waals surface area contributed by atoms with Crippen LogP contribution in [0.1, 0.15) is 18.4 Å². The molecule has 0 unspecified atom stereocenters. The molecule has 5 heteroatoms. The summed E-state index contributed by atoms with van der Waals surface area (Å²) in [5, 5.41) is 8.89. The summed E-state index contributed by atoms with van der Waals surface area (Å²) in [7, 11) is 0. The Morgan fingerprint density at radius 3 is 2.76 bits per heavy atom. The summed E-state index contributed by atoms with van der Waals surface area (Å²) in [5.74, 6) is -1.32. The summed E-state index contributed by atoms with van der Waals surface area (Å²) in [4.78, 5) is 12.6. The summed E-state index contributed by atoms with van der Waals surface area (Å²) in [6, 6.07) is 4.91. The molecule has 0 aliphatic heterocycles. The van der Waals surface area contributed by atoms with Gasteiger partial charge in [0.2, 0.25) is 0 Å². The van der Waals surface area contributed by atoms with Gasteiger partial charge in [0.1, 0.15) is 5.82 Å². The van der Waals surface area contributed by atoms with Crippen molar-refractivity contribution in [2.24, 2.45) is 0 Å². The Hall–Kier alpha value is -1.13. The molecule has 2 rings (SSSR count). The third-order valence-electron chi connectivity index (χ3n) is 2.77. The second kappa shape index (κ2) is 5.02. The molecule has 1 saturated carbocycles. The maximum absolute atomic E-state index is 13.2. The smallest absolute Gasteiger partial charge is 0.317 e. The molecular weight excluding hydrogens is 245 g/mol. The van der Waals surface area contributed by atoms with Gasteiger partial charge < -0.3 is 5.11 Å². The van der Waals surface area contributed by atoms with Crippen molar-refractivity contribution in [2.45, 2.75) is 25.4 Å². The lowest BCUT2D eigenvalue weighted by Crippen LogP contribution is -2.31. The Labute approximate surface area is 104 Å². The second-order valence-electron chi connectivity index (χ2n) is 4.28. The van der Waals surface area contributed by atoms with Crippen molar-refractivity contribution in [3.8, 4) is 0 Å². The Kier molecular flexibility index (Phi) is 3.64. The van der Waals surface area contributed by atoms with Crippen LogP contribution in [0.3, 0.4) is 0 Å². The van der Waals surface area contributed by atoms with Crippen molar-refractivity contribution in [2.75, 3.05) is 6.54 Å². The van der Waals surface area contributed by atoms with Gasteiger partial charge >= 0.3 is 5.97 Å². The minimum atomic E-state index is -0.855. The fourth-order valence-corrected chi connectivity index (χ4v) is 1.92. The molecule has 0 amide bonds. The number of nitrogens with zero attached hydrogens (tertiary/aromatic N) is 1. The van der Waals surface area contributed by atoms with E-state index in [2.05, 4.69) is 0 Å². The van der Waals surface area contributed by atoms with Crippen molar-refractivity contribution in [3.63, 3.8) is 0 Å². The first kappa shape index (κ1) is 12.3. The molecule has 0 saturated heterocycles. The Morgan fingerprint density at radius 1 is 1.53 bits per heavy atom. The summed E-state index contributed by atoms with van der Waals surface area (Å²) < 4.78 is 13.2. The van der Waals surface area contributed by atoms with Gasteiger partial charge in [-0.3, -0.25) is 9.69 Å². The van der Waals surface area contributed by atoms with Gasteiger partial charge in [0, 0.05) is 12.6 Å². The van der Waals surface area contributed by atoms with E-state index in [0.29, 0.717) is 12.6 Å². The SMILES string of the molecule is O=C(O)CN(Cc1ccc(Cl)c(F)c1)C1CC1. The molecule has 0 heterocycles. The van der Waals surface area contributed by atoms with Crippen LogP contribution in [0.5, 0.6) is 0 Å². The van der Waals surface area contributed by atoms with E-state index in [9.17, 15) is 9.18 Å². The van der Waals surface area contributed by atoms with Gasteiger partial charge in [0.15, 0.2) is 0 Å². The number of carboxylic acids is 1. The van der Waals surface area contributed by atoms with E-state index in [1.807, 2.05) is 4.90 Å². The predicted octanol–water partition coefficient (Wildman–Crippen LogP) is 2.53. The summed E-state index contributed by atoms with van der Waals surface area (Å²) in [6.07, 6.45) is 2.03. The summed E-state index contributed by atoms with van der Waals surface area (Å²) >= 11 is 5.59. The van der Waals surface area contributed by atoms with E-state index in [1.54, 1.807) is 6.07 Å². The number of carbonyl (C=O) groups is 1. The van der Waals surface area contributed by atoms with E-state index in [1.165, 1.54) is 12.1 Å². The molecule has 1 aliphatic carbocycles. The van der Waals surface area contributed by atoms with Crippen molar-refractivity contribution in [1.29, 1.82) is 0 Å². The molecule has 0 spiro atoms. The molecule has 1 fully saturated rings. The van der Waals surface area contributed by atoms with E-state index >= 15 is 0 Å². The topological polar surface area (TPSA) is 40.5 Å². The normalized spacial score (nSPS) is 15.2. The van der Waals surface area contributed by atoms with Gasteiger partial charge in [-0.2, -0.15) is 0 Å². The van der Waals surface area contributed by atoms with Gasteiger partial charge in [-0.15, -0.1) is 0 Å². The number of benzene rings is 1. The number of hydrogen-bond acceptors (Lipinski definition) is 2. The highest BCUT2D eigenvalue weighted by atomic mass is 35.5. The number of aliphatic carboxylic acids is 1. The van der Waals surface area contributed by atoms with E-state index in [-0.39, 0.29) is 11.6 Å². The molecule has 0 bridgehead atoms. The number of hydrogen-bond donors (Lipinski definition) is 1. The van der Waals surface area contributed by atoms with Gasteiger partial charge in [-0.25, -0.2) is 4.39 Å². The maximum Gasteiger partial charge on any atom is 0.317 e. The minimum Gasteiger partial charge on any atom is -0.480 e. The average Bonchev–Trinajstić information content (AvgIpc) is 3.05. The van der Waals surface area contributed by atoms with Gasteiger partial charge in [-0.05, 0) is 30.5 Å². The molecule has 1 aliphatic rings. The zero-order chi connectivity index (χ0) is 12.4. The maximum atomic E-state index is 13.2. The first-order chi connectivity index (χ1) is 8.06. The molecular formula is C12H13ClFNO2. The molecule has 0 aromatic heterocycles. The zero-order valence-corrected chi connectivity index (χ0v) is 9.95. The lowest BCUT2D eigenvalue weighted by molar-refractivity contribution is -0.138. The van der Waals surface area contributed by atoms with E-state index < -0.39 is 11.8 Å². The van der Waals surface area contributed by atoms with Crippen LogP contribution in [0.25, 0.3) is 0 Å². The number of halogens is 2. The predicted molar refractivity (Wildman–Crippen MR) is 62.5 cm³/mol. The molecule has 92 valence electrons. The molecule has 17 heavy (non-hydrogen) atoms. The largest absolute Gasteiger partial charge is 0.480 e. The van der Waals surface area contributed by atoms with Crippen LogP contribution in [0.4, 0.5) is 4.39 Å². The monoisotopic (exact) mass is 257 g/mol. The highest BCUT2D eigenvalue weighted by molar-refractivity contribution is 6.30. The van der Waals surface area contributed by atoms with Crippen LogP contribution in [0, 0.1) is 5.82 Å². The van der Waals surface area contributed by atoms with Gasteiger partial charge in [-0.1, -0.05) is 17.7 Å². The highest BCUT2D eigenvalue weighted by Gasteiger charge is 2.30. The second-order valence-corrected chi connectivity index (χ2v) is 4.69. The van der Waals surface area contributed by atoms with Gasteiger partial charge in [0.05, 0.1) is 11.6 Å². The molecule has 0 atom stereocenters. The van der Waals surface area contributed by atoms with Crippen LogP contribution in [-0.4, -0.2) is 28.6 Å². The number of carboxylic acid groups (broad SMARTS) is 1. The Balaban J connectivity index is 2.06. The van der Waals surface area contributed by atoms with Crippen molar-refractivity contribution in [1.82, 2.24) is 4.90 Å². The first-order valence-corrected chi connectivity index (χ1v) is 5.84. The van der Waals surface area contributed by atoms with Crippen LogP contribution in [0.2, 0.25) is 5.02 Å². The van der Waals surface area contributed by atoms with Gasteiger partial charge in [0.25, 0.3) is 0 Å². The first-order valence-electron chi connectivity index (χ1n) is 5.46. The third-order valence-corrected chi connectivity index (χ3v) is 3.08. The third kappa shape index (κ3) is 3.41. The summed E-state index contributed by atoms with van der Waals surface area (Å²) in [5.41, 5.74) is 0.750. The number of rotatable bonds is 5. The van der Waals surface area contributed by atoms with Crippen LogP contribution in [-0.2, 0) is 11.3 Å². The Bertz CT molecular complexity index is 435. The molecule has 1 aromatic carbocycles. The standard InChI is InChI=1S/C12H13ClFNO2/c13-10-4-1-8(5-11(10)14)6-15(7-12(16)17)9-2-3-9/h1,4-5,9H,2-3,6-7H2,(H,16,17).